The van der Waals surface area contributed by atoms with Crippen molar-refractivity contribution >= 4 is 27.6 Å². The van der Waals surface area contributed by atoms with Crippen molar-refractivity contribution in [3.63, 3.8) is 0 Å². The Balaban J connectivity index is 1.70. The minimum Gasteiger partial charge on any atom is -0.455 e. The Morgan fingerprint density at radius 2 is 2.09 bits per heavy atom. The zero-order chi connectivity index (χ0) is 16.6. The number of fused-ring (bicyclic) bond motifs is 1. The summed E-state index contributed by atoms with van der Waals surface area (Å²) in [6.45, 7) is -0.0400. The predicted molar refractivity (Wildman–Crippen MR) is 76.8 cm³/mol. The van der Waals surface area contributed by atoms with Crippen molar-refractivity contribution in [2.45, 2.75) is 11.7 Å². The first-order chi connectivity index (χ1) is 10.8. The van der Waals surface area contributed by atoms with Crippen molar-refractivity contribution in [1.29, 1.82) is 0 Å². The van der Waals surface area contributed by atoms with Crippen LogP contribution >= 0.6 is 11.6 Å². The average Bonchev–Trinajstić information content (AvgIpc) is 3.13. The largest absolute Gasteiger partial charge is 0.455 e. The number of esters is 1. The highest BCUT2D eigenvalue weighted by molar-refractivity contribution is 7.89. The lowest BCUT2D eigenvalue weighted by Gasteiger charge is -2.06. The fourth-order valence-electron chi connectivity index (χ4n) is 1.91. The van der Waals surface area contributed by atoms with Gasteiger partial charge in [0.1, 0.15) is 6.61 Å². The molecule has 122 valence electrons. The number of benzene rings is 1. The Morgan fingerprint density at radius 1 is 1.30 bits per heavy atom. The number of furan rings is 1. The highest BCUT2D eigenvalue weighted by atomic mass is 35.5. The van der Waals surface area contributed by atoms with Gasteiger partial charge >= 0.3 is 5.97 Å². The summed E-state index contributed by atoms with van der Waals surface area (Å²) in [6.07, 6.45) is 0. The number of carbonyl (C=O) groups excluding carboxylic acids is 1. The molecule has 0 unspecified atom stereocenters. The minimum absolute atomic E-state index is 0.0705. The molecule has 2 aromatic rings. The molecule has 23 heavy (non-hydrogen) atoms. The standard InChI is InChI=1S/C13H10ClNO7S/c14-8-3-7(4-10-12(8)21-6-20-10)5-19-13(16)9-1-2-11(22-9)23(15,17)18/h1-4H,5-6H2,(H2,15,17,18). The van der Waals surface area contributed by atoms with Gasteiger partial charge < -0.3 is 18.6 Å². The predicted octanol–water partition coefficient (Wildman–Crippen LogP) is 1.67. The first-order valence-electron chi connectivity index (χ1n) is 6.22. The van der Waals surface area contributed by atoms with E-state index in [1.807, 2.05) is 0 Å². The van der Waals surface area contributed by atoms with Gasteiger partial charge in [0.15, 0.2) is 11.5 Å². The van der Waals surface area contributed by atoms with Crippen molar-refractivity contribution in [2.24, 2.45) is 5.14 Å². The molecule has 2 N–H and O–H groups in total. The number of nitrogens with two attached hydrogens (primary N) is 1. The first kappa shape index (κ1) is 15.7. The second-order valence-electron chi connectivity index (χ2n) is 4.55. The number of rotatable bonds is 4. The summed E-state index contributed by atoms with van der Waals surface area (Å²) < 4.78 is 42.4. The number of ether oxygens (including phenoxy) is 3. The Hall–Kier alpha value is -2.23. The molecular formula is C13H10ClNO7S. The fraction of sp³-hybridized carbons (Fsp3) is 0.154. The molecule has 1 aliphatic heterocycles. The third kappa shape index (κ3) is 3.26. The molecule has 10 heteroatoms. The molecule has 1 aromatic carbocycles. The summed E-state index contributed by atoms with van der Waals surface area (Å²) in [5, 5.41) is 4.71. The maximum atomic E-state index is 11.8. The number of hydrogen-bond donors (Lipinski definition) is 1. The molecule has 1 aliphatic rings. The second kappa shape index (κ2) is 5.76. The average molecular weight is 360 g/mol. The Kier molecular flexibility index (Phi) is 3.92. The number of halogens is 1. The Morgan fingerprint density at radius 3 is 2.78 bits per heavy atom. The summed E-state index contributed by atoms with van der Waals surface area (Å²) in [5.74, 6) is -0.224. The van der Waals surface area contributed by atoms with E-state index in [1.54, 1.807) is 12.1 Å². The molecule has 1 aromatic heterocycles. The third-order valence-corrected chi connectivity index (χ3v) is 3.98. The monoisotopic (exact) mass is 359 g/mol. The number of carbonyl (C=O) groups is 1. The van der Waals surface area contributed by atoms with E-state index in [-0.39, 0.29) is 19.2 Å². The van der Waals surface area contributed by atoms with Gasteiger partial charge in [-0.1, -0.05) is 11.6 Å². The van der Waals surface area contributed by atoms with Gasteiger partial charge in [-0.3, -0.25) is 0 Å². The Bertz CT molecular complexity index is 874. The number of primary sulfonamides is 1. The van der Waals surface area contributed by atoms with Crippen LogP contribution in [0.15, 0.2) is 33.8 Å². The van der Waals surface area contributed by atoms with Gasteiger partial charge in [0, 0.05) is 0 Å². The van der Waals surface area contributed by atoms with Gasteiger partial charge in [0.2, 0.25) is 17.6 Å². The van der Waals surface area contributed by atoms with Gasteiger partial charge in [-0.15, -0.1) is 0 Å². The van der Waals surface area contributed by atoms with Gasteiger partial charge in [-0.05, 0) is 29.8 Å². The molecular weight excluding hydrogens is 350 g/mol. The lowest BCUT2D eigenvalue weighted by molar-refractivity contribution is 0.0430. The van der Waals surface area contributed by atoms with Crippen molar-refractivity contribution < 1.29 is 31.8 Å². The van der Waals surface area contributed by atoms with E-state index in [0.29, 0.717) is 22.1 Å². The SMILES string of the molecule is NS(=O)(=O)c1ccc(C(=O)OCc2cc(Cl)c3c(c2)OCO3)o1. The summed E-state index contributed by atoms with van der Waals surface area (Å²) in [7, 11) is -4.02. The summed E-state index contributed by atoms with van der Waals surface area (Å²) in [5.41, 5.74) is 0.575. The first-order valence-corrected chi connectivity index (χ1v) is 8.15. The molecule has 0 spiro atoms. The van der Waals surface area contributed by atoms with Crippen LogP contribution in [0.5, 0.6) is 11.5 Å². The molecule has 0 bridgehead atoms. The van der Waals surface area contributed by atoms with Crippen LogP contribution in [0, 0.1) is 0 Å². The van der Waals surface area contributed by atoms with Crippen LogP contribution < -0.4 is 14.6 Å². The number of sulfonamides is 1. The maximum Gasteiger partial charge on any atom is 0.374 e. The quantitative estimate of drug-likeness (QED) is 0.824. The zero-order valence-corrected chi connectivity index (χ0v) is 13.0. The summed E-state index contributed by atoms with van der Waals surface area (Å²) in [6, 6.07) is 5.43. The molecule has 2 heterocycles. The smallest absolute Gasteiger partial charge is 0.374 e. The molecule has 3 rings (SSSR count). The third-order valence-electron chi connectivity index (χ3n) is 2.92. The fourth-order valence-corrected chi connectivity index (χ4v) is 2.66. The molecule has 0 radical (unpaired) electrons. The van der Waals surface area contributed by atoms with Crippen LogP contribution in [-0.2, 0) is 21.4 Å². The van der Waals surface area contributed by atoms with Crippen LogP contribution in [0.4, 0.5) is 0 Å². The molecule has 0 saturated carbocycles. The Labute approximate surface area is 135 Å². The molecule has 0 amide bonds. The van der Waals surface area contributed by atoms with Crippen molar-refractivity contribution in [2.75, 3.05) is 6.79 Å². The van der Waals surface area contributed by atoms with Gasteiger partial charge in [0.25, 0.3) is 10.0 Å². The van der Waals surface area contributed by atoms with Crippen LogP contribution in [0.1, 0.15) is 16.1 Å². The normalized spacial score (nSPS) is 13.1. The molecule has 0 fully saturated rings. The van der Waals surface area contributed by atoms with E-state index < -0.39 is 21.1 Å². The van der Waals surface area contributed by atoms with Crippen LogP contribution in [0.3, 0.4) is 0 Å². The van der Waals surface area contributed by atoms with Crippen LogP contribution in [0.25, 0.3) is 0 Å². The minimum atomic E-state index is -4.02. The van der Waals surface area contributed by atoms with E-state index in [9.17, 15) is 13.2 Å². The molecule has 0 aliphatic carbocycles. The van der Waals surface area contributed by atoms with E-state index in [2.05, 4.69) is 0 Å². The summed E-state index contributed by atoms with van der Waals surface area (Å²) >= 11 is 6.02. The zero-order valence-electron chi connectivity index (χ0n) is 11.4. The van der Waals surface area contributed by atoms with E-state index in [0.717, 1.165) is 12.1 Å². The lowest BCUT2D eigenvalue weighted by atomic mass is 10.2. The van der Waals surface area contributed by atoms with Gasteiger partial charge in [-0.25, -0.2) is 18.4 Å². The van der Waals surface area contributed by atoms with Crippen molar-refractivity contribution in [1.82, 2.24) is 0 Å². The van der Waals surface area contributed by atoms with Crippen LogP contribution in [-0.4, -0.2) is 21.2 Å². The second-order valence-corrected chi connectivity index (χ2v) is 6.45. The van der Waals surface area contributed by atoms with Gasteiger partial charge in [-0.2, -0.15) is 0 Å². The van der Waals surface area contributed by atoms with E-state index >= 15 is 0 Å². The molecule has 8 nitrogen and oxygen atoms in total. The van der Waals surface area contributed by atoms with E-state index in [1.165, 1.54) is 0 Å². The molecule has 0 saturated heterocycles. The lowest BCUT2D eigenvalue weighted by Crippen LogP contribution is -2.11. The topological polar surface area (TPSA) is 118 Å². The van der Waals surface area contributed by atoms with E-state index in [4.69, 9.17) is 35.4 Å². The molecule has 0 atom stereocenters. The van der Waals surface area contributed by atoms with Crippen molar-refractivity contribution in [3.8, 4) is 11.5 Å². The highest BCUT2D eigenvalue weighted by Gasteiger charge is 2.21. The summed E-state index contributed by atoms with van der Waals surface area (Å²) in [4.78, 5) is 11.8. The highest BCUT2D eigenvalue weighted by Crippen LogP contribution is 2.39. The maximum absolute atomic E-state index is 11.8. The van der Waals surface area contributed by atoms with Gasteiger partial charge in [0.05, 0.1) is 5.02 Å². The number of hydrogen-bond acceptors (Lipinski definition) is 7. The van der Waals surface area contributed by atoms with Crippen LogP contribution in [0.2, 0.25) is 5.02 Å². The van der Waals surface area contributed by atoms with Crippen molar-refractivity contribution in [3.05, 3.63) is 40.6 Å².